The highest BCUT2D eigenvalue weighted by Crippen LogP contribution is 2.38. The third kappa shape index (κ3) is 2.65. The normalized spacial score (nSPS) is 26.2. The molecule has 1 aliphatic heterocycles. The standard InChI is InChI=1S/C12H12BrF3O/c1-6-2-3-10(17-6)12(13)11-8(15)4-7(14)5-9(11)16/h4-6,10,12H,2-3H2,1H3. The first-order valence-corrected chi connectivity index (χ1v) is 6.34. The number of benzene rings is 1. The molecule has 0 saturated carbocycles. The van der Waals surface area contributed by atoms with E-state index in [0.29, 0.717) is 12.1 Å². The monoisotopic (exact) mass is 308 g/mol. The van der Waals surface area contributed by atoms with Gasteiger partial charge in [0.05, 0.1) is 17.0 Å². The van der Waals surface area contributed by atoms with Gasteiger partial charge in [-0.1, -0.05) is 15.9 Å². The van der Waals surface area contributed by atoms with Crippen molar-refractivity contribution >= 4 is 15.9 Å². The summed E-state index contributed by atoms with van der Waals surface area (Å²) in [7, 11) is 0. The molecule has 0 bridgehead atoms. The van der Waals surface area contributed by atoms with Gasteiger partial charge in [0.2, 0.25) is 0 Å². The van der Waals surface area contributed by atoms with Crippen molar-refractivity contribution in [2.75, 3.05) is 0 Å². The van der Waals surface area contributed by atoms with Crippen molar-refractivity contribution in [1.29, 1.82) is 0 Å². The topological polar surface area (TPSA) is 9.23 Å². The zero-order valence-electron chi connectivity index (χ0n) is 9.22. The summed E-state index contributed by atoms with van der Waals surface area (Å²) >= 11 is 3.24. The van der Waals surface area contributed by atoms with Crippen LogP contribution in [0.2, 0.25) is 0 Å². The molecule has 3 unspecified atom stereocenters. The Morgan fingerprint density at radius 3 is 2.29 bits per heavy atom. The van der Waals surface area contributed by atoms with Crippen molar-refractivity contribution in [3.8, 4) is 0 Å². The van der Waals surface area contributed by atoms with Crippen LogP contribution in [0.5, 0.6) is 0 Å². The summed E-state index contributed by atoms with van der Waals surface area (Å²) in [6, 6.07) is 1.37. The molecule has 1 heterocycles. The van der Waals surface area contributed by atoms with E-state index < -0.39 is 22.3 Å². The number of rotatable bonds is 2. The first kappa shape index (κ1) is 12.9. The van der Waals surface area contributed by atoms with Crippen LogP contribution < -0.4 is 0 Å². The molecule has 0 aromatic heterocycles. The Labute approximate surface area is 106 Å². The molecule has 1 aromatic carbocycles. The van der Waals surface area contributed by atoms with Crippen LogP contribution in [0.3, 0.4) is 0 Å². The Morgan fingerprint density at radius 2 is 1.82 bits per heavy atom. The predicted molar refractivity (Wildman–Crippen MR) is 61.6 cm³/mol. The van der Waals surface area contributed by atoms with Crippen LogP contribution in [-0.2, 0) is 4.74 Å². The summed E-state index contributed by atoms with van der Waals surface area (Å²) < 4.78 is 45.4. The molecule has 0 spiro atoms. The maximum absolute atomic E-state index is 13.5. The number of halogens is 4. The van der Waals surface area contributed by atoms with Crippen molar-refractivity contribution in [1.82, 2.24) is 0 Å². The molecular weight excluding hydrogens is 297 g/mol. The van der Waals surface area contributed by atoms with E-state index >= 15 is 0 Å². The molecule has 17 heavy (non-hydrogen) atoms. The van der Waals surface area contributed by atoms with Crippen LogP contribution in [0, 0.1) is 17.5 Å². The zero-order valence-corrected chi connectivity index (χ0v) is 10.8. The van der Waals surface area contributed by atoms with Gasteiger partial charge < -0.3 is 4.74 Å². The highest BCUT2D eigenvalue weighted by Gasteiger charge is 2.32. The van der Waals surface area contributed by atoms with Gasteiger partial charge in [-0.2, -0.15) is 0 Å². The summed E-state index contributed by atoms with van der Waals surface area (Å²) in [6.45, 7) is 1.91. The second-order valence-electron chi connectivity index (χ2n) is 4.25. The van der Waals surface area contributed by atoms with Crippen LogP contribution >= 0.6 is 15.9 Å². The van der Waals surface area contributed by atoms with Crippen LogP contribution in [-0.4, -0.2) is 12.2 Å². The molecule has 0 aliphatic carbocycles. The molecule has 1 fully saturated rings. The van der Waals surface area contributed by atoms with Crippen molar-refractivity contribution in [3.63, 3.8) is 0 Å². The Balaban J connectivity index is 2.27. The Hall–Kier alpha value is -0.550. The molecule has 1 saturated heterocycles. The van der Waals surface area contributed by atoms with Crippen LogP contribution in [0.15, 0.2) is 12.1 Å². The number of hydrogen-bond donors (Lipinski definition) is 0. The van der Waals surface area contributed by atoms with E-state index in [1.54, 1.807) is 0 Å². The van der Waals surface area contributed by atoms with E-state index in [1.165, 1.54) is 0 Å². The minimum atomic E-state index is -0.913. The lowest BCUT2D eigenvalue weighted by Gasteiger charge is -2.19. The third-order valence-corrected chi connectivity index (χ3v) is 3.96. The fraction of sp³-hybridized carbons (Fsp3) is 0.500. The zero-order chi connectivity index (χ0) is 12.6. The number of ether oxygens (including phenoxy) is 1. The number of alkyl halides is 1. The summed E-state index contributed by atoms with van der Waals surface area (Å²) in [5, 5.41) is 0. The largest absolute Gasteiger partial charge is 0.374 e. The predicted octanol–water partition coefficient (Wildman–Crippen LogP) is 4.11. The quantitative estimate of drug-likeness (QED) is 0.747. The van der Waals surface area contributed by atoms with E-state index in [-0.39, 0.29) is 17.8 Å². The molecule has 2 rings (SSSR count). The lowest BCUT2D eigenvalue weighted by atomic mass is 10.0. The highest BCUT2D eigenvalue weighted by atomic mass is 79.9. The maximum atomic E-state index is 13.5. The van der Waals surface area contributed by atoms with E-state index in [9.17, 15) is 13.2 Å². The third-order valence-electron chi connectivity index (χ3n) is 2.91. The Bertz CT molecular complexity index is 401. The average Bonchev–Trinajstić information content (AvgIpc) is 2.63. The highest BCUT2D eigenvalue weighted by molar-refractivity contribution is 9.09. The molecule has 1 aliphatic rings. The van der Waals surface area contributed by atoms with Gasteiger partial charge in [0.1, 0.15) is 17.5 Å². The molecule has 5 heteroatoms. The van der Waals surface area contributed by atoms with Gasteiger partial charge in [-0.3, -0.25) is 0 Å². The second-order valence-corrected chi connectivity index (χ2v) is 5.23. The van der Waals surface area contributed by atoms with Gasteiger partial charge in [-0.25, -0.2) is 13.2 Å². The smallest absolute Gasteiger partial charge is 0.133 e. The summed E-state index contributed by atoms with van der Waals surface area (Å²) in [5.41, 5.74) is -0.162. The molecule has 94 valence electrons. The fourth-order valence-corrected chi connectivity index (χ4v) is 2.88. The van der Waals surface area contributed by atoms with Gasteiger partial charge in [0.25, 0.3) is 0 Å². The van der Waals surface area contributed by atoms with Crippen LogP contribution in [0.4, 0.5) is 13.2 Å². The molecular formula is C12H12BrF3O. The van der Waals surface area contributed by atoms with Gasteiger partial charge in [-0.15, -0.1) is 0 Å². The van der Waals surface area contributed by atoms with Crippen molar-refractivity contribution < 1.29 is 17.9 Å². The average molecular weight is 309 g/mol. The molecule has 1 nitrogen and oxygen atoms in total. The summed E-state index contributed by atoms with van der Waals surface area (Å²) in [4.78, 5) is -0.590. The van der Waals surface area contributed by atoms with E-state index in [4.69, 9.17) is 4.74 Å². The van der Waals surface area contributed by atoms with Crippen LogP contribution in [0.1, 0.15) is 30.2 Å². The minimum absolute atomic E-state index is 0.0895. The van der Waals surface area contributed by atoms with Crippen LogP contribution in [0.25, 0.3) is 0 Å². The van der Waals surface area contributed by atoms with Gasteiger partial charge >= 0.3 is 0 Å². The first-order chi connectivity index (χ1) is 7.99. The second kappa shape index (κ2) is 4.98. The Morgan fingerprint density at radius 1 is 1.24 bits per heavy atom. The molecule has 0 amide bonds. The van der Waals surface area contributed by atoms with E-state index in [2.05, 4.69) is 15.9 Å². The van der Waals surface area contributed by atoms with Gasteiger partial charge in [0, 0.05) is 17.7 Å². The summed E-state index contributed by atoms with van der Waals surface area (Å²) in [6.07, 6.45) is 1.40. The van der Waals surface area contributed by atoms with E-state index in [0.717, 1.165) is 12.8 Å². The lowest BCUT2D eigenvalue weighted by Crippen LogP contribution is -2.17. The lowest BCUT2D eigenvalue weighted by molar-refractivity contribution is 0.0546. The first-order valence-electron chi connectivity index (χ1n) is 5.43. The molecule has 1 aromatic rings. The maximum Gasteiger partial charge on any atom is 0.133 e. The van der Waals surface area contributed by atoms with Gasteiger partial charge in [0.15, 0.2) is 0 Å². The fourth-order valence-electron chi connectivity index (χ4n) is 2.05. The molecule has 3 atom stereocenters. The number of hydrogen-bond acceptors (Lipinski definition) is 1. The SMILES string of the molecule is CC1CCC(C(Br)c2c(F)cc(F)cc2F)O1. The Kier molecular flexibility index (Phi) is 3.78. The summed E-state index contributed by atoms with van der Waals surface area (Å²) in [5.74, 6) is -2.68. The van der Waals surface area contributed by atoms with Gasteiger partial charge in [-0.05, 0) is 19.8 Å². The van der Waals surface area contributed by atoms with E-state index in [1.807, 2.05) is 6.92 Å². The molecule has 0 N–H and O–H groups in total. The van der Waals surface area contributed by atoms with Crippen molar-refractivity contribution in [2.24, 2.45) is 0 Å². The van der Waals surface area contributed by atoms with Crippen molar-refractivity contribution in [3.05, 3.63) is 35.1 Å². The molecule has 0 radical (unpaired) electrons. The van der Waals surface area contributed by atoms with Crippen molar-refractivity contribution in [2.45, 2.75) is 36.8 Å². The minimum Gasteiger partial charge on any atom is -0.374 e.